The largest absolute Gasteiger partial charge is 0.351 e. The number of nitrogens with zero attached hydrogens (tertiary/aromatic N) is 1. The van der Waals surface area contributed by atoms with E-state index in [1.807, 2.05) is 0 Å². The monoisotopic (exact) mass is 400 g/mol. The summed E-state index contributed by atoms with van der Waals surface area (Å²) in [5.41, 5.74) is 2.40. The molecule has 0 atom stereocenters. The van der Waals surface area contributed by atoms with Gasteiger partial charge in [0.2, 0.25) is 5.91 Å². The number of amides is 1. The van der Waals surface area contributed by atoms with Gasteiger partial charge in [-0.05, 0) is 49.9 Å². The third-order valence-electron chi connectivity index (χ3n) is 5.16. The SMILES string of the molecule is O=C(CN1c2ccc(F)cc2-c2ccccc2S1(=O)=O)NCC1=CCCCC1. The third-order valence-corrected chi connectivity index (χ3v) is 6.98. The fraction of sp³-hybridized carbons (Fsp3) is 0.286. The number of allylic oxidation sites excluding steroid dienone is 1. The average Bonchev–Trinajstić information content (AvgIpc) is 2.71. The molecule has 28 heavy (non-hydrogen) atoms. The summed E-state index contributed by atoms with van der Waals surface area (Å²) in [6.07, 6.45) is 6.38. The van der Waals surface area contributed by atoms with Gasteiger partial charge < -0.3 is 5.32 Å². The molecule has 0 bridgehead atoms. The van der Waals surface area contributed by atoms with Crippen LogP contribution in [0.3, 0.4) is 0 Å². The molecule has 1 aliphatic carbocycles. The number of carbonyl (C=O) groups excluding carboxylic acids is 1. The summed E-state index contributed by atoms with van der Waals surface area (Å²) >= 11 is 0. The highest BCUT2D eigenvalue weighted by atomic mass is 32.2. The van der Waals surface area contributed by atoms with Crippen LogP contribution >= 0.6 is 0 Å². The summed E-state index contributed by atoms with van der Waals surface area (Å²) in [5, 5.41) is 2.82. The molecule has 7 heteroatoms. The smallest absolute Gasteiger partial charge is 0.265 e. The Morgan fingerprint density at radius 3 is 2.71 bits per heavy atom. The zero-order valence-corrected chi connectivity index (χ0v) is 16.1. The van der Waals surface area contributed by atoms with Crippen molar-refractivity contribution in [3.8, 4) is 11.1 Å². The van der Waals surface area contributed by atoms with Crippen molar-refractivity contribution >= 4 is 21.6 Å². The van der Waals surface area contributed by atoms with Crippen LogP contribution in [0, 0.1) is 5.82 Å². The molecule has 0 aromatic heterocycles. The molecule has 4 rings (SSSR count). The molecule has 0 spiro atoms. The Morgan fingerprint density at radius 2 is 1.93 bits per heavy atom. The van der Waals surface area contributed by atoms with Crippen molar-refractivity contribution in [3.05, 3.63) is 59.9 Å². The molecule has 0 fully saturated rings. The number of benzene rings is 2. The van der Waals surface area contributed by atoms with Gasteiger partial charge in [0.25, 0.3) is 10.0 Å². The van der Waals surface area contributed by atoms with Crippen molar-refractivity contribution in [1.29, 1.82) is 0 Å². The van der Waals surface area contributed by atoms with Gasteiger partial charge in [-0.2, -0.15) is 0 Å². The molecular weight excluding hydrogens is 379 g/mol. The van der Waals surface area contributed by atoms with Crippen molar-refractivity contribution in [3.63, 3.8) is 0 Å². The maximum Gasteiger partial charge on any atom is 0.265 e. The fourth-order valence-electron chi connectivity index (χ4n) is 3.74. The predicted molar refractivity (Wildman–Crippen MR) is 106 cm³/mol. The van der Waals surface area contributed by atoms with Crippen LogP contribution < -0.4 is 9.62 Å². The number of hydrogen-bond acceptors (Lipinski definition) is 3. The molecule has 2 aromatic carbocycles. The molecule has 1 amide bonds. The van der Waals surface area contributed by atoms with Crippen molar-refractivity contribution < 1.29 is 17.6 Å². The number of rotatable bonds is 4. The number of halogens is 1. The Bertz CT molecular complexity index is 1060. The van der Waals surface area contributed by atoms with E-state index in [1.54, 1.807) is 18.2 Å². The number of carbonyl (C=O) groups is 1. The third kappa shape index (κ3) is 3.42. The summed E-state index contributed by atoms with van der Waals surface area (Å²) < 4.78 is 41.2. The van der Waals surface area contributed by atoms with Crippen molar-refractivity contribution in [2.75, 3.05) is 17.4 Å². The van der Waals surface area contributed by atoms with E-state index < -0.39 is 15.8 Å². The zero-order chi connectivity index (χ0) is 19.7. The van der Waals surface area contributed by atoms with Crippen LogP contribution in [0.4, 0.5) is 10.1 Å². The van der Waals surface area contributed by atoms with Crippen molar-refractivity contribution in [2.24, 2.45) is 0 Å². The van der Waals surface area contributed by atoms with Gasteiger partial charge in [-0.1, -0.05) is 29.8 Å². The normalized spacial score (nSPS) is 17.3. The van der Waals surface area contributed by atoms with E-state index in [4.69, 9.17) is 0 Å². The first-order valence-electron chi connectivity index (χ1n) is 9.33. The second-order valence-corrected chi connectivity index (χ2v) is 8.88. The van der Waals surface area contributed by atoms with E-state index in [1.165, 1.54) is 29.8 Å². The lowest BCUT2D eigenvalue weighted by molar-refractivity contribution is -0.119. The second-order valence-electron chi connectivity index (χ2n) is 7.05. The van der Waals surface area contributed by atoms with Gasteiger partial charge in [-0.3, -0.25) is 9.10 Å². The first-order chi connectivity index (χ1) is 13.5. The van der Waals surface area contributed by atoms with Gasteiger partial charge in [-0.25, -0.2) is 12.8 Å². The summed E-state index contributed by atoms with van der Waals surface area (Å²) in [6, 6.07) is 10.4. The Morgan fingerprint density at radius 1 is 1.11 bits per heavy atom. The number of sulfonamides is 1. The highest BCUT2D eigenvalue weighted by Crippen LogP contribution is 2.42. The van der Waals surface area contributed by atoms with Crippen molar-refractivity contribution in [2.45, 2.75) is 30.6 Å². The number of hydrogen-bond donors (Lipinski definition) is 1. The zero-order valence-electron chi connectivity index (χ0n) is 15.3. The molecule has 146 valence electrons. The summed E-state index contributed by atoms with van der Waals surface area (Å²) in [4.78, 5) is 12.6. The molecule has 2 aliphatic rings. The van der Waals surface area contributed by atoms with E-state index in [2.05, 4.69) is 11.4 Å². The molecule has 0 saturated heterocycles. The molecule has 1 N–H and O–H groups in total. The predicted octanol–water partition coefficient (Wildman–Crippen LogP) is 3.62. The molecular formula is C21H21FN2O3S. The van der Waals surface area contributed by atoms with E-state index in [0.717, 1.165) is 30.0 Å². The van der Waals surface area contributed by atoms with Crippen LogP contribution in [0.25, 0.3) is 11.1 Å². The van der Waals surface area contributed by atoms with Gasteiger partial charge in [0.05, 0.1) is 10.6 Å². The number of fused-ring (bicyclic) bond motifs is 3. The fourth-order valence-corrected chi connectivity index (χ4v) is 5.39. The molecule has 0 unspecified atom stereocenters. The van der Waals surface area contributed by atoms with Crippen molar-refractivity contribution in [1.82, 2.24) is 5.32 Å². The molecule has 5 nitrogen and oxygen atoms in total. The highest BCUT2D eigenvalue weighted by molar-refractivity contribution is 7.93. The highest BCUT2D eigenvalue weighted by Gasteiger charge is 2.36. The van der Waals surface area contributed by atoms with Crippen LogP contribution in [0.5, 0.6) is 0 Å². The van der Waals surface area contributed by atoms with Crippen LogP contribution in [0.2, 0.25) is 0 Å². The lowest BCUT2D eigenvalue weighted by atomic mass is 10.00. The van der Waals surface area contributed by atoms with Crippen LogP contribution in [0.15, 0.2) is 59.0 Å². The lowest BCUT2D eigenvalue weighted by Gasteiger charge is -2.31. The molecule has 0 saturated carbocycles. The first kappa shape index (κ1) is 18.7. The van der Waals surface area contributed by atoms with E-state index in [9.17, 15) is 17.6 Å². The standard InChI is InChI=1S/C21H21FN2O3S/c22-16-10-11-19-18(12-16)17-8-4-5-9-20(17)28(26,27)24(19)14-21(25)23-13-15-6-2-1-3-7-15/h4-6,8-12H,1-3,7,13-14H2,(H,23,25). The van der Waals surface area contributed by atoms with E-state index >= 15 is 0 Å². The summed E-state index contributed by atoms with van der Waals surface area (Å²) in [7, 11) is -3.91. The van der Waals surface area contributed by atoms with E-state index in [-0.39, 0.29) is 17.3 Å². The van der Waals surface area contributed by atoms with Crippen LogP contribution in [0.1, 0.15) is 25.7 Å². The van der Waals surface area contributed by atoms with Gasteiger partial charge in [0.15, 0.2) is 0 Å². The maximum atomic E-state index is 13.8. The van der Waals surface area contributed by atoms with Gasteiger partial charge in [-0.15, -0.1) is 0 Å². The average molecular weight is 400 g/mol. The topological polar surface area (TPSA) is 66.5 Å². The molecule has 0 radical (unpaired) electrons. The Kier molecular flexibility index (Phi) is 4.93. The summed E-state index contributed by atoms with van der Waals surface area (Å²) in [6.45, 7) is 0.0855. The summed E-state index contributed by atoms with van der Waals surface area (Å²) in [5.74, 6) is -0.841. The minimum atomic E-state index is -3.91. The van der Waals surface area contributed by atoms with Gasteiger partial charge in [0, 0.05) is 17.7 Å². The van der Waals surface area contributed by atoms with E-state index in [0.29, 0.717) is 23.4 Å². The number of anilines is 1. The lowest BCUT2D eigenvalue weighted by Crippen LogP contribution is -2.43. The van der Waals surface area contributed by atoms with Gasteiger partial charge in [0.1, 0.15) is 12.4 Å². The van der Waals surface area contributed by atoms with Gasteiger partial charge >= 0.3 is 0 Å². The molecule has 1 heterocycles. The van der Waals surface area contributed by atoms with Crippen LogP contribution in [-0.2, 0) is 14.8 Å². The quantitative estimate of drug-likeness (QED) is 0.797. The molecule has 2 aromatic rings. The Labute approximate surface area is 163 Å². The maximum absolute atomic E-state index is 13.8. The molecule has 1 aliphatic heterocycles. The minimum Gasteiger partial charge on any atom is -0.351 e. The number of nitrogens with one attached hydrogen (secondary N) is 1. The second kappa shape index (κ2) is 7.39. The Hall–Kier alpha value is -2.67. The Balaban J connectivity index is 1.63. The minimum absolute atomic E-state index is 0.0795. The first-order valence-corrected chi connectivity index (χ1v) is 10.8. The van der Waals surface area contributed by atoms with Crippen LogP contribution in [-0.4, -0.2) is 27.4 Å².